The van der Waals surface area contributed by atoms with Gasteiger partial charge < -0.3 is 4.74 Å². The van der Waals surface area contributed by atoms with Crippen LogP contribution in [0.2, 0.25) is 0 Å². The first kappa shape index (κ1) is 18.8. The minimum absolute atomic E-state index is 0. The quantitative estimate of drug-likeness (QED) is 0.478. The van der Waals surface area contributed by atoms with Crippen LogP contribution in [0.15, 0.2) is 34.3 Å². The molecule has 0 atom stereocenters. The summed E-state index contributed by atoms with van der Waals surface area (Å²) in [6, 6.07) is 4.88. The SMILES string of the molecule is CCOC(=O)C1=NN(c2ccc(S(=O)(=O)O)cc2)C(=O)C1.[Na]. The molecule has 0 spiro atoms. The van der Waals surface area contributed by atoms with Crippen LogP contribution in [0, 0.1) is 0 Å². The average Bonchev–Trinajstić information content (AvgIpc) is 2.80. The molecule has 0 saturated carbocycles. The molecule has 8 nitrogen and oxygen atoms in total. The fraction of sp³-hybridized carbons (Fsp3) is 0.250. The van der Waals surface area contributed by atoms with E-state index in [-0.39, 0.29) is 58.9 Å². The van der Waals surface area contributed by atoms with E-state index in [1.54, 1.807) is 6.92 Å². The maximum absolute atomic E-state index is 11.8. The van der Waals surface area contributed by atoms with Gasteiger partial charge in [-0.15, -0.1) is 0 Å². The Labute approximate surface area is 149 Å². The van der Waals surface area contributed by atoms with E-state index in [1.165, 1.54) is 12.1 Å². The number of rotatable bonds is 4. The fourth-order valence-corrected chi connectivity index (χ4v) is 2.20. The molecule has 1 amide bonds. The second-order valence-electron chi connectivity index (χ2n) is 4.12. The van der Waals surface area contributed by atoms with Gasteiger partial charge in [-0.3, -0.25) is 9.35 Å². The van der Waals surface area contributed by atoms with Crippen molar-refractivity contribution in [2.75, 3.05) is 11.6 Å². The van der Waals surface area contributed by atoms with Crippen LogP contribution in [-0.2, 0) is 24.4 Å². The molecule has 0 fully saturated rings. The Hall–Kier alpha value is -1.26. The molecule has 0 aromatic heterocycles. The fourth-order valence-electron chi connectivity index (χ4n) is 1.72. The summed E-state index contributed by atoms with van der Waals surface area (Å²) in [4.78, 5) is 23.0. The van der Waals surface area contributed by atoms with Crippen LogP contribution in [0.3, 0.4) is 0 Å². The molecule has 1 aromatic carbocycles. The van der Waals surface area contributed by atoms with Crippen molar-refractivity contribution >= 4 is 63.0 Å². The molecule has 2 rings (SSSR count). The maximum atomic E-state index is 11.8. The van der Waals surface area contributed by atoms with E-state index in [0.29, 0.717) is 0 Å². The molecule has 1 aliphatic rings. The molecule has 22 heavy (non-hydrogen) atoms. The number of carbonyl (C=O) groups excluding carboxylic acids is 2. The molecule has 1 radical (unpaired) electrons. The molecule has 0 saturated heterocycles. The van der Waals surface area contributed by atoms with Crippen LogP contribution in [0.5, 0.6) is 0 Å². The third-order valence-electron chi connectivity index (χ3n) is 2.67. The van der Waals surface area contributed by atoms with Crippen molar-refractivity contribution in [2.24, 2.45) is 5.10 Å². The first-order chi connectivity index (χ1) is 9.82. The van der Waals surface area contributed by atoms with Crippen LogP contribution < -0.4 is 5.01 Å². The van der Waals surface area contributed by atoms with Gasteiger partial charge >= 0.3 is 5.97 Å². The summed E-state index contributed by atoms with van der Waals surface area (Å²) in [6.45, 7) is 1.82. The summed E-state index contributed by atoms with van der Waals surface area (Å²) >= 11 is 0. The number of anilines is 1. The minimum atomic E-state index is -4.30. The van der Waals surface area contributed by atoms with Gasteiger partial charge in [0.05, 0.1) is 23.6 Å². The zero-order chi connectivity index (χ0) is 15.6. The van der Waals surface area contributed by atoms with Crippen LogP contribution in [0.25, 0.3) is 0 Å². The number of esters is 1. The summed E-state index contributed by atoms with van der Waals surface area (Å²) in [5, 5.41) is 4.85. The molecule has 0 unspecified atom stereocenters. The van der Waals surface area contributed by atoms with E-state index in [9.17, 15) is 18.0 Å². The molecule has 1 N–H and O–H groups in total. The van der Waals surface area contributed by atoms with Crippen molar-refractivity contribution in [1.82, 2.24) is 0 Å². The Kier molecular flexibility index (Phi) is 6.27. The monoisotopic (exact) mass is 335 g/mol. The van der Waals surface area contributed by atoms with Crippen molar-refractivity contribution in [3.63, 3.8) is 0 Å². The Morgan fingerprint density at radius 2 is 1.95 bits per heavy atom. The molecule has 0 bridgehead atoms. The van der Waals surface area contributed by atoms with E-state index in [0.717, 1.165) is 17.1 Å². The van der Waals surface area contributed by atoms with Crippen molar-refractivity contribution < 1.29 is 27.3 Å². The molecule has 0 aliphatic carbocycles. The molecule has 1 heterocycles. The van der Waals surface area contributed by atoms with Gasteiger partial charge in [-0.25, -0.2) is 4.79 Å². The van der Waals surface area contributed by atoms with E-state index >= 15 is 0 Å². The van der Waals surface area contributed by atoms with Gasteiger partial charge in [0.1, 0.15) is 0 Å². The van der Waals surface area contributed by atoms with Crippen molar-refractivity contribution in [3.8, 4) is 0 Å². The Morgan fingerprint density at radius 1 is 1.36 bits per heavy atom. The van der Waals surface area contributed by atoms with Crippen molar-refractivity contribution in [1.29, 1.82) is 0 Å². The number of hydrogen-bond donors (Lipinski definition) is 1. The largest absolute Gasteiger partial charge is 0.461 e. The van der Waals surface area contributed by atoms with Gasteiger partial charge in [-0.1, -0.05) is 0 Å². The van der Waals surface area contributed by atoms with E-state index < -0.39 is 22.0 Å². The van der Waals surface area contributed by atoms with Gasteiger partial charge in [-0.05, 0) is 31.2 Å². The van der Waals surface area contributed by atoms with Gasteiger partial charge in [0.2, 0.25) is 0 Å². The third kappa shape index (κ3) is 4.14. The van der Waals surface area contributed by atoms with Gasteiger partial charge in [0.25, 0.3) is 16.0 Å². The number of carbonyl (C=O) groups is 2. The number of benzene rings is 1. The first-order valence-corrected chi connectivity index (χ1v) is 7.42. The van der Waals surface area contributed by atoms with Gasteiger partial charge in [0, 0.05) is 29.6 Å². The van der Waals surface area contributed by atoms with Gasteiger partial charge in [-0.2, -0.15) is 18.5 Å². The number of amides is 1. The predicted molar refractivity (Wildman–Crippen MR) is 78.2 cm³/mol. The Morgan fingerprint density at radius 3 is 2.45 bits per heavy atom. The maximum Gasteiger partial charge on any atom is 0.355 e. The average molecular weight is 335 g/mol. The van der Waals surface area contributed by atoms with Gasteiger partial charge in [0.15, 0.2) is 5.71 Å². The summed E-state index contributed by atoms with van der Waals surface area (Å²) < 4.78 is 35.5. The first-order valence-electron chi connectivity index (χ1n) is 5.98. The standard InChI is InChI=1S/C12H12N2O6S.Na/c1-2-20-12(16)10-7-11(15)14(13-10)8-3-5-9(6-4-8)21(17,18)19;/h3-6H,2,7H2,1H3,(H,17,18,19);. The zero-order valence-electron chi connectivity index (χ0n) is 12.0. The Balaban J connectivity index is 0.00000242. The second kappa shape index (κ2) is 7.34. The third-order valence-corrected chi connectivity index (χ3v) is 3.53. The van der Waals surface area contributed by atoms with Crippen LogP contribution >= 0.6 is 0 Å². The number of nitrogens with zero attached hydrogens (tertiary/aromatic N) is 2. The summed E-state index contributed by atoms with van der Waals surface area (Å²) in [7, 11) is -4.30. The summed E-state index contributed by atoms with van der Waals surface area (Å²) in [5.41, 5.74) is 0.271. The molecule has 1 aliphatic heterocycles. The topological polar surface area (TPSA) is 113 Å². The van der Waals surface area contributed by atoms with E-state index in [4.69, 9.17) is 9.29 Å². The number of hydrazone groups is 1. The van der Waals surface area contributed by atoms with E-state index in [2.05, 4.69) is 5.10 Å². The number of hydrogen-bond acceptors (Lipinski definition) is 6. The van der Waals surface area contributed by atoms with Crippen LogP contribution in [-0.4, -0.2) is 66.7 Å². The molecular weight excluding hydrogens is 323 g/mol. The summed E-state index contributed by atoms with van der Waals surface area (Å²) in [5.74, 6) is -1.10. The molecule has 10 heteroatoms. The van der Waals surface area contributed by atoms with E-state index in [1.807, 2.05) is 0 Å². The predicted octanol–water partition coefficient (Wildman–Crippen LogP) is 0.208. The summed E-state index contributed by atoms with van der Waals surface area (Å²) in [6.07, 6.45) is -0.182. The smallest absolute Gasteiger partial charge is 0.355 e. The number of ether oxygens (including phenoxy) is 1. The van der Waals surface area contributed by atoms with Crippen molar-refractivity contribution in [2.45, 2.75) is 18.2 Å². The molecule has 1 aromatic rings. The van der Waals surface area contributed by atoms with Crippen LogP contribution in [0.4, 0.5) is 5.69 Å². The van der Waals surface area contributed by atoms with Crippen molar-refractivity contribution in [3.05, 3.63) is 24.3 Å². The second-order valence-corrected chi connectivity index (χ2v) is 5.54. The normalized spacial score (nSPS) is 14.4. The molecule has 113 valence electrons. The minimum Gasteiger partial charge on any atom is -0.461 e. The van der Waals surface area contributed by atoms with Crippen LogP contribution in [0.1, 0.15) is 13.3 Å². The zero-order valence-corrected chi connectivity index (χ0v) is 14.8. The molecular formula is C12H12N2NaO6S. The Bertz CT molecular complexity index is 714.